The van der Waals surface area contributed by atoms with Crippen molar-refractivity contribution in [2.24, 2.45) is 0 Å². The van der Waals surface area contributed by atoms with Crippen LogP contribution in [0.3, 0.4) is 0 Å². The van der Waals surface area contributed by atoms with Crippen molar-refractivity contribution < 1.29 is 18.1 Å². The van der Waals surface area contributed by atoms with Gasteiger partial charge in [-0.1, -0.05) is 5.16 Å². The average molecular weight is 357 g/mol. The van der Waals surface area contributed by atoms with Gasteiger partial charge in [0.1, 0.15) is 11.6 Å². The normalized spacial score (nSPS) is 12.1. The summed E-state index contributed by atoms with van der Waals surface area (Å²) in [5, 5.41) is 6.82. The number of carbonyl (C=O) groups excluding carboxylic acids is 1. The van der Waals surface area contributed by atoms with E-state index in [9.17, 15) is 9.18 Å². The molecule has 26 heavy (non-hydrogen) atoms. The first-order valence-corrected chi connectivity index (χ1v) is 8.50. The highest BCUT2D eigenvalue weighted by Gasteiger charge is 2.12. The van der Waals surface area contributed by atoms with Crippen molar-refractivity contribution in [1.82, 2.24) is 15.5 Å². The number of rotatable bonds is 8. The largest absolute Gasteiger partial charge is 0.469 e. The van der Waals surface area contributed by atoms with Gasteiger partial charge in [-0.3, -0.25) is 4.79 Å². The number of nitrogens with zero attached hydrogens (tertiary/aromatic N) is 2. The quantitative estimate of drug-likeness (QED) is 0.667. The fourth-order valence-corrected chi connectivity index (χ4v) is 2.60. The number of furan rings is 1. The Labute approximate surface area is 150 Å². The van der Waals surface area contributed by atoms with Crippen molar-refractivity contribution in [2.75, 3.05) is 0 Å². The minimum absolute atomic E-state index is 0.00198. The van der Waals surface area contributed by atoms with Crippen molar-refractivity contribution >= 4 is 5.91 Å². The second-order valence-electron chi connectivity index (χ2n) is 6.12. The zero-order valence-corrected chi connectivity index (χ0v) is 14.4. The van der Waals surface area contributed by atoms with Gasteiger partial charge in [0.25, 0.3) is 0 Å². The van der Waals surface area contributed by atoms with Gasteiger partial charge in [0, 0.05) is 30.9 Å². The zero-order chi connectivity index (χ0) is 18.4. The van der Waals surface area contributed by atoms with Crippen molar-refractivity contribution in [3.8, 4) is 11.4 Å². The Balaban J connectivity index is 1.42. The predicted molar refractivity (Wildman–Crippen MR) is 92.6 cm³/mol. The van der Waals surface area contributed by atoms with E-state index < -0.39 is 0 Å². The molecule has 0 fully saturated rings. The van der Waals surface area contributed by atoms with Crippen molar-refractivity contribution in [3.05, 3.63) is 60.1 Å². The highest BCUT2D eigenvalue weighted by atomic mass is 19.1. The van der Waals surface area contributed by atoms with E-state index in [2.05, 4.69) is 15.5 Å². The molecule has 0 aliphatic heterocycles. The van der Waals surface area contributed by atoms with Crippen molar-refractivity contribution in [1.29, 1.82) is 0 Å². The summed E-state index contributed by atoms with van der Waals surface area (Å²) in [6, 6.07) is 9.60. The number of hydrogen-bond acceptors (Lipinski definition) is 5. The first-order chi connectivity index (χ1) is 12.6. The molecular weight excluding hydrogens is 337 g/mol. The molecule has 0 saturated heterocycles. The Bertz CT molecular complexity index is 828. The molecule has 3 rings (SSSR count). The van der Waals surface area contributed by atoms with E-state index in [1.165, 1.54) is 12.1 Å². The Morgan fingerprint density at radius 3 is 2.81 bits per heavy atom. The Morgan fingerprint density at radius 2 is 2.08 bits per heavy atom. The zero-order valence-electron chi connectivity index (χ0n) is 14.4. The molecular formula is C19H20FN3O3. The maximum absolute atomic E-state index is 12.9. The number of aryl methyl sites for hydroxylation is 1. The minimum atomic E-state index is -0.315. The first kappa shape index (κ1) is 17.8. The molecule has 0 bridgehead atoms. The molecule has 1 aromatic carbocycles. The Hall–Kier alpha value is -2.96. The second kappa shape index (κ2) is 8.42. The van der Waals surface area contributed by atoms with Crippen LogP contribution in [0.4, 0.5) is 4.39 Å². The number of amides is 1. The van der Waals surface area contributed by atoms with Crippen LogP contribution >= 0.6 is 0 Å². The number of carbonyl (C=O) groups is 1. The summed E-state index contributed by atoms with van der Waals surface area (Å²) in [7, 11) is 0. The van der Waals surface area contributed by atoms with E-state index >= 15 is 0 Å². The molecule has 2 aromatic heterocycles. The molecule has 3 aromatic rings. The third-order valence-corrected chi connectivity index (χ3v) is 3.86. The van der Waals surface area contributed by atoms with E-state index in [0.717, 1.165) is 5.76 Å². The monoisotopic (exact) mass is 357 g/mol. The van der Waals surface area contributed by atoms with Gasteiger partial charge in [-0.15, -0.1) is 0 Å². The van der Waals surface area contributed by atoms with E-state index in [1.807, 2.05) is 19.1 Å². The number of aromatic nitrogens is 2. The molecule has 136 valence electrons. The molecule has 0 aliphatic carbocycles. The van der Waals surface area contributed by atoms with Crippen LogP contribution in [-0.2, 0) is 17.6 Å². The summed E-state index contributed by atoms with van der Waals surface area (Å²) in [6.45, 7) is 1.94. The predicted octanol–water partition coefficient (Wildman–Crippen LogP) is 3.54. The third-order valence-electron chi connectivity index (χ3n) is 3.86. The standard InChI is InChI=1S/C19H20FN3O3/c1-13(12-16-4-3-11-25-16)21-17(24)5-2-6-18-22-19(23-26-18)14-7-9-15(20)10-8-14/h3-4,7-11,13H,2,5-6,12H2,1H3,(H,21,24). The van der Waals surface area contributed by atoms with Gasteiger partial charge in [0.05, 0.1) is 6.26 Å². The summed E-state index contributed by atoms with van der Waals surface area (Å²) in [6.07, 6.45) is 3.76. The third kappa shape index (κ3) is 5.02. The van der Waals surface area contributed by atoms with Crippen LogP contribution < -0.4 is 5.32 Å². The highest BCUT2D eigenvalue weighted by molar-refractivity contribution is 5.76. The maximum atomic E-state index is 12.9. The lowest BCUT2D eigenvalue weighted by atomic mass is 10.1. The summed E-state index contributed by atoms with van der Waals surface area (Å²) in [4.78, 5) is 16.3. The van der Waals surface area contributed by atoms with Crippen LogP contribution in [0.2, 0.25) is 0 Å². The SMILES string of the molecule is CC(Cc1ccco1)NC(=O)CCCc1nc(-c2ccc(F)cc2)no1. The summed E-state index contributed by atoms with van der Waals surface area (Å²) >= 11 is 0. The van der Waals surface area contributed by atoms with E-state index in [-0.39, 0.29) is 17.8 Å². The van der Waals surface area contributed by atoms with Gasteiger partial charge in [-0.25, -0.2) is 4.39 Å². The molecule has 6 nitrogen and oxygen atoms in total. The fraction of sp³-hybridized carbons (Fsp3) is 0.316. The van der Waals surface area contributed by atoms with Crippen LogP contribution in [0.5, 0.6) is 0 Å². The van der Waals surface area contributed by atoms with Gasteiger partial charge >= 0.3 is 0 Å². The lowest BCUT2D eigenvalue weighted by molar-refractivity contribution is -0.121. The number of nitrogens with one attached hydrogen (secondary N) is 1. The number of hydrogen-bond donors (Lipinski definition) is 1. The van der Waals surface area contributed by atoms with Gasteiger partial charge < -0.3 is 14.3 Å². The molecule has 1 N–H and O–H groups in total. The van der Waals surface area contributed by atoms with E-state index in [4.69, 9.17) is 8.94 Å². The highest BCUT2D eigenvalue weighted by Crippen LogP contribution is 2.16. The Morgan fingerprint density at radius 1 is 1.27 bits per heavy atom. The fourth-order valence-electron chi connectivity index (χ4n) is 2.60. The van der Waals surface area contributed by atoms with Crippen LogP contribution in [0.1, 0.15) is 31.4 Å². The van der Waals surface area contributed by atoms with E-state index in [0.29, 0.717) is 43.0 Å². The molecule has 0 radical (unpaired) electrons. The molecule has 1 amide bonds. The second-order valence-corrected chi connectivity index (χ2v) is 6.12. The topological polar surface area (TPSA) is 81.2 Å². The Kier molecular flexibility index (Phi) is 5.78. The molecule has 0 spiro atoms. The summed E-state index contributed by atoms with van der Waals surface area (Å²) in [5.74, 6) is 1.38. The van der Waals surface area contributed by atoms with Crippen LogP contribution in [-0.4, -0.2) is 22.1 Å². The molecule has 2 heterocycles. The smallest absolute Gasteiger partial charge is 0.226 e. The van der Waals surface area contributed by atoms with Crippen LogP contribution in [0.15, 0.2) is 51.6 Å². The average Bonchev–Trinajstić information content (AvgIpc) is 3.27. The lowest BCUT2D eigenvalue weighted by Crippen LogP contribution is -2.33. The van der Waals surface area contributed by atoms with Gasteiger partial charge in [0.2, 0.25) is 17.6 Å². The van der Waals surface area contributed by atoms with Gasteiger partial charge in [0.15, 0.2) is 0 Å². The lowest BCUT2D eigenvalue weighted by Gasteiger charge is -2.12. The number of benzene rings is 1. The molecule has 1 unspecified atom stereocenters. The van der Waals surface area contributed by atoms with Crippen molar-refractivity contribution in [3.63, 3.8) is 0 Å². The van der Waals surface area contributed by atoms with Gasteiger partial charge in [-0.2, -0.15) is 4.98 Å². The summed E-state index contributed by atoms with van der Waals surface area (Å²) in [5.41, 5.74) is 0.686. The van der Waals surface area contributed by atoms with Crippen LogP contribution in [0, 0.1) is 5.82 Å². The molecule has 1 atom stereocenters. The molecule has 7 heteroatoms. The van der Waals surface area contributed by atoms with Crippen LogP contribution in [0.25, 0.3) is 11.4 Å². The first-order valence-electron chi connectivity index (χ1n) is 8.50. The number of halogens is 1. The maximum Gasteiger partial charge on any atom is 0.226 e. The summed E-state index contributed by atoms with van der Waals surface area (Å²) < 4.78 is 23.4. The van der Waals surface area contributed by atoms with Crippen molar-refractivity contribution in [2.45, 2.75) is 38.6 Å². The minimum Gasteiger partial charge on any atom is -0.469 e. The van der Waals surface area contributed by atoms with Gasteiger partial charge in [-0.05, 0) is 49.7 Å². The molecule has 0 aliphatic rings. The van der Waals surface area contributed by atoms with E-state index in [1.54, 1.807) is 18.4 Å². The molecule has 0 saturated carbocycles.